The van der Waals surface area contributed by atoms with Crippen molar-refractivity contribution in [2.45, 2.75) is 13.8 Å². The quantitative estimate of drug-likeness (QED) is 0.758. The number of hydrogen-bond acceptors (Lipinski definition) is 2. The van der Waals surface area contributed by atoms with E-state index in [0.717, 1.165) is 12.3 Å². The molecule has 0 amide bonds. The van der Waals surface area contributed by atoms with Crippen LogP contribution in [-0.4, -0.2) is 19.4 Å². The predicted octanol–water partition coefficient (Wildman–Crippen LogP) is 3.19. The highest BCUT2D eigenvalue weighted by molar-refractivity contribution is 6.05. The van der Waals surface area contributed by atoms with Gasteiger partial charge in [0.15, 0.2) is 0 Å². The largest absolute Gasteiger partial charge is 0.497 e. The highest BCUT2D eigenvalue weighted by Crippen LogP contribution is 2.23. The van der Waals surface area contributed by atoms with Crippen molar-refractivity contribution < 1.29 is 4.74 Å². The summed E-state index contributed by atoms with van der Waals surface area (Å²) in [5.41, 5.74) is 3.73. The van der Waals surface area contributed by atoms with Crippen LogP contribution in [0, 0.1) is 5.92 Å². The molecular formula is C14H17NO. The second kappa shape index (κ2) is 4.52. The standard InChI is InChI=1S/C14H17NO/c1-10(2)14-8-12(9-15-14)11-4-6-13(16-3)7-5-11/h4-8,10H,9H2,1-3H3. The van der Waals surface area contributed by atoms with Gasteiger partial charge < -0.3 is 4.74 Å². The van der Waals surface area contributed by atoms with Gasteiger partial charge in [0.2, 0.25) is 0 Å². The number of rotatable bonds is 3. The SMILES string of the molecule is COc1ccc(C2=CC(C(C)C)=NC2)cc1. The van der Waals surface area contributed by atoms with E-state index < -0.39 is 0 Å². The third-order valence-electron chi connectivity index (χ3n) is 2.81. The molecule has 1 heterocycles. The van der Waals surface area contributed by atoms with Crippen molar-refractivity contribution in [3.05, 3.63) is 35.9 Å². The van der Waals surface area contributed by atoms with Crippen molar-refractivity contribution in [3.8, 4) is 5.75 Å². The summed E-state index contributed by atoms with van der Waals surface area (Å²) in [6, 6.07) is 8.15. The topological polar surface area (TPSA) is 21.6 Å². The first-order chi connectivity index (χ1) is 7.70. The van der Waals surface area contributed by atoms with Crippen LogP contribution in [0.15, 0.2) is 35.3 Å². The average Bonchev–Trinajstić information content (AvgIpc) is 2.78. The van der Waals surface area contributed by atoms with Gasteiger partial charge in [-0.25, -0.2) is 0 Å². The fourth-order valence-corrected chi connectivity index (χ4v) is 1.78. The van der Waals surface area contributed by atoms with E-state index in [-0.39, 0.29) is 0 Å². The Morgan fingerprint density at radius 1 is 1.19 bits per heavy atom. The lowest BCUT2D eigenvalue weighted by atomic mass is 10.0. The Kier molecular flexibility index (Phi) is 3.09. The van der Waals surface area contributed by atoms with Gasteiger partial charge in [-0.3, -0.25) is 4.99 Å². The molecule has 16 heavy (non-hydrogen) atoms. The fraction of sp³-hybridized carbons (Fsp3) is 0.357. The van der Waals surface area contributed by atoms with E-state index in [1.807, 2.05) is 12.1 Å². The molecular weight excluding hydrogens is 198 g/mol. The maximum Gasteiger partial charge on any atom is 0.118 e. The molecule has 2 nitrogen and oxygen atoms in total. The summed E-state index contributed by atoms with van der Waals surface area (Å²) in [7, 11) is 1.68. The highest BCUT2D eigenvalue weighted by Gasteiger charge is 2.12. The molecule has 0 radical (unpaired) electrons. The van der Waals surface area contributed by atoms with Crippen molar-refractivity contribution >= 4 is 11.3 Å². The van der Waals surface area contributed by atoms with Crippen molar-refractivity contribution in [2.24, 2.45) is 10.9 Å². The van der Waals surface area contributed by atoms with Crippen molar-refractivity contribution in [2.75, 3.05) is 13.7 Å². The van der Waals surface area contributed by atoms with Crippen molar-refractivity contribution in [3.63, 3.8) is 0 Å². The number of methoxy groups -OCH3 is 1. The Balaban J connectivity index is 2.18. The van der Waals surface area contributed by atoms with E-state index in [2.05, 4.69) is 37.0 Å². The van der Waals surface area contributed by atoms with Crippen LogP contribution >= 0.6 is 0 Å². The minimum absolute atomic E-state index is 0.510. The van der Waals surface area contributed by atoms with Crippen molar-refractivity contribution in [1.82, 2.24) is 0 Å². The summed E-state index contributed by atoms with van der Waals surface area (Å²) in [6.07, 6.45) is 2.20. The Morgan fingerprint density at radius 3 is 2.38 bits per heavy atom. The lowest BCUT2D eigenvalue weighted by Gasteiger charge is -2.03. The number of hydrogen-bond donors (Lipinski definition) is 0. The van der Waals surface area contributed by atoms with Gasteiger partial charge in [0.1, 0.15) is 5.75 Å². The molecule has 1 aliphatic rings. The van der Waals surface area contributed by atoms with Crippen LogP contribution in [-0.2, 0) is 0 Å². The molecule has 0 atom stereocenters. The van der Waals surface area contributed by atoms with Crippen LogP contribution in [0.25, 0.3) is 5.57 Å². The lowest BCUT2D eigenvalue weighted by molar-refractivity contribution is 0.415. The molecule has 0 spiro atoms. The number of nitrogens with zero attached hydrogens (tertiary/aromatic N) is 1. The van der Waals surface area contributed by atoms with Crippen LogP contribution in [0.5, 0.6) is 5.75 Å². The molecule has 1 aromatic rings. The fourth-order valence-electron chi connectivity index (χ4n) is 1.78. The molecule has 0 saturated carbocycles. The molecule has 1 aliphatic heterocycles. The smallest absolute Gasteiger partial charge is 0.118 e. The Morgan fingerprint density at radius 2 is 1.88 bits per heavy atom. The first-order valence-corrected chi connectivity index (χ1v) is 5.60. The maximum absolute atomic E-state index is 5.14. The molecule has 0 unspecified atom stereocenters. The molecule has 2 rings (SSSR count). The summed E-state index contributed by atoms with van der Waals surface area (Å²) in [4.78, 5) is 4.53. The van der Waals surface area contributed by atoms with Gasteiger partial charge in [0, 0.05) is 5.71 Å². The average molecular weight is 215 g/mol. The van der Waals surface area contributed by atoms with Gasteiger partial charge in [0.05, 0.1) is 13.7 Å². The van der Waals surface area contributed by atoms with Gasteiger partial charge in [-0.2, -0.15) is 0 Å². The number of aliphatic imine (C=N–C) groups is 1. The predicted molar refractivity (Wildman–Crippen MR) is 68.1 cm³/mol. The molecule has 0 bridgehead atoms. The third kappa shape index (κ3) is 2.16. The van der Waals surface area contributed by atoms with Gasteiger partial charge in [0.25, 0.3) is 0 Å². The minimum Gasteiger partial charge on any atom is -0.497 e. The monoisotopic (exact) mass is 215 g/mol. The van der Waals surface area contributed by atoms with E-state index in [1.54, 1.807) is 7.11 Å². The van der Waals surface area contributed by atoms with Crippen LogP contribution in [0.1, 0.15) is 19.4 Å². The lowest BCUT2D eigenvalue weighted by Crippen LogP contribution is -2.00. The second-order valence-electron chi connectivity index (χ2n) is 4.29. The molecule has 0 aromatic heterocycles. The van der Waals surface area contributed by atoms with E-state index in [0.29, 0.717) is 5.92 Å². The normalized spacial score (nSPS) is 15.0. The van der Waals surface area contributed by atoms with Gasteiger partial charge in [-0.05, 0) is 35.3 Å². The number of benzene rings is 1. The minimum atomic E-state index is 0.510. The summed E-state index contributed by atoms with van der Waals surface area (Å²) in [5, 5.41) is 0. The number of allylic oxidation sites excluding steroid dienone is 1. The van der Waals surface area contributed by atoms with Crippen LogP contribution in [0.3, 0.4) is 0 Å². The Bertz CT molecular complexity index is 427. The molecule has 2 heteroatoms. The Labute approximate surface area is 96.7 Å². The highest BCUT2D eigenvalue weighted by atomic mass is 16.5. The van der Waals surface area contributed by atoms with Gasteiger partial charge >= 0.3 is 0 Å². The third-order valence-corrected chi connectivity index (χ3v) is 2.81. The molecule has 1 aromatic carbocycles. The summed E-state index contributed by atoms with van der Waals surface area (Å²) >= 11 is 0. The molecule has 0 N–H and O–H groups in total. The molecule has 0 saturated heterocycles. The van der Waals surface area contributed by atoms with E-state index in [9.17, 15) is 0 Å². The van der Waals surface area contributed by atoms with Gasteiger partial charge in [-0.1, -0.05) is 26.0 Å². The Hall–Kier alpha value is -1.57. The van der Waals surface area contributed by atoms with E-state index in [1.165, 1.54) is 16.8 Å². The second-order valence-corrected chi connectivity index (χ2v) is 4.29. The van der Waals surface area contributed by atoms with Crippen LogP contribution in [0.4, 0.5) is 0 Å². The number of ether oxygens (including phenoxy) is 1. The molecule has 84 valence electrons. The van der Waals surface area contributed by atoms with E-state index in [4.69, 9.17) is 4.74 Å². The maximum atomic E-state index is 5.14. The van der Waals surface area contributed by atoms with E-state index >= 15 is 0 Å². The molecule has 0 aliphatic carbocycles. The van der Waals surface area contributed by atoms with Gasteiger partial charge in [-0.15, -0.1) is 0 Å². The summed E-state index contributed by atoms with van der Waals surface area (Å²) < 4.78 is 5.14. The zero-order valence-corrected chi connectivity index (χ0v) is 10.0. The summed E-state index contributed by atoms with van der Waals surface area (Å²) in [5.74, 6) is 1.41. The van der Waals surface area contributed by atoms with Crippen LogP contribution < -0.4 is 4.74 Å². The first-order valence-electron chi connectivity index (χ1n) is 5.60. The molecule has 0 fully saturated rings. The zero-order chi connectivity index (χ0) is 11.5. The zero-order valence-electron chi connectivity index (χ0n) is 10.0. The van der Waals surface area contributed by atoms with Crippen LogP contribution in [0.2, 0.25) is 0 Å². The van der Waals surface area contributed by atoms with Crippen molar-refractivity contribution in [1.29, 1.82) is 0 Å². The summed E-state index contributed by atoms with van der Waals surface area (Å²) in [6.45, 7) is 5.15. The first kappa shape index (κ1) is 10.9.